The van der Waals surface area contributed by atoms with Crippen molar-refractivity contribution >= 4 is 6.09 Å². The zero-order valence-corrected chi connectivity index (χ0v) is 14.1. The summed E-state index contributed by atoms with van der Waals surface area (Å²) in [6.07, 6.45) is 2.32. The summed E-state index contributed by atoms with van der Waals surface area (Å²) in [5.74, 6) is 0.150. The lowest BCUT2D eigenvalue weighted by Gasteiger charge is -2.41. The average molecular weight is 301 g/mol. The molecule has 0 aromatic rings. The third-order valence-electron chi connectivity index (χ3n) is 3.96. The highest BCUT2D eigenvalue weighted by molar-refractivity contribution is 5.68. The third-order valence-corrected chi connectivity index (χ3v) is 3.96. The minimum atomic E-state index is -0.455. The average Bonchev–Trinajstić information content (AvgIpc) is 2.43. The van der Waals surface area contributed by atoms with Crippen LogP contribution in [0.3, 0.4) is 0 Å². The van der Waals surface area contributed by atoms with Gasteiger partial charge in [-0.1, -0.05) is 13.8 Å². The molecule has 0 aromatic carbocycles. The lowest BCUT2D eigenvalue weighted by Crippen LogP contribution is -2.49. The number of likely N-dealkylation sites (tertiary alicyclic amines) is 1. The fourth-order valence-electron chi connectivity index (χ4n) is 2.39. The smallest absolute Gasteiger partial charge is 0.410 e. The quantitative estimate of drug-likeness (QED) is 0.848. The maximum atomic E-state index is 12.1. The lowest BCUT2D eigenvalue weighted by atomic mass is 9.88. The molecule has 1 rings (SSSR count). The van der Waals surface area contributed by atoms with Crippen LogP contribution < -0.4 is 0 Å². The standard InChI is InChI=1S/C16H31NO4/c1-6-16(20-12-13(2)11-18)7-9-17(10-8-16)14(19)21-15(3,4)5/h13,18H,6-12H2,1-5H3. The van der Waals surface area contributed by atoms with Crippen molar-refractivity contribution in [3.05, 3.63) is 0 Å². The van der Waals surface area contributed by atoms with Crippen molar-refractivity contribution < 1.29 is 19.4 Å². The highest BCUT2D eigenvalue weighted by Crippen LogP contribution is 2.31. The van der Waals surface area contributed by atoms with Crippen molar-refractivity contribution in [1.29, 1.82) is 0 Å². The molecule has 5 nitrogen and oxygen atoms in total. The molecule has 1 aliphatic rings. The number of hydrogen-bond donors (Lipinski definition) is 1. The summed E-state index contributed by atoms with van der Waals surface area (Å²) < 4.78 is 11.5. The molecule has 124 valence electrons. The number of carbonyl (C=O) groups is 1. The van der Waals surface area contributed by atoms with Gasteiger partial charge in [-0.25, -0.2) is 4.79 Å². The summed E-state index contributed by atoms with van der Waals surface area (Å²) in [4.78, 5) is 13.8. The number of aliphatic hydroxyl groups is 1. The van der Waals surface area contributed by atoms with E-state index in [1.807, 2.05) is 27.7 Å². The highest BCUT2D eigenvalue weighted by Gasteiger charge is 2.36. The minimum Gasteiger partial charge on any atom is -0.444 e. The normalized spacial score (nSPS) is 20.2. The van der Waals surface area contributed by atoms with E-state index in [-0.39, 0.29) is 24.2 Å². The molecule has 5 heteroatoms. The van der Waals surface area contributed by atoms with Crippen LogP contribution in [-0.2, 0) is 9.47 Å². The second-order valence-electron chi connectivity index (χ2n) is 7.10. The Balaban J connectivity index is 2.50. The van der Waals surface area contributed by atoms with Gasteiger partial charge in [0.2, 0.25) is 0 Å². The van der Waals surface area contributed by atoms with Crippen LogP contribution >= 0.6 is 0 Å². The third kappa shape index (κ3) is 5.83. The molecule has 1 unspecified atom stereocenters. The van der Waals surface area contributed by atoms with Crippen LogP contribution in [0.25, 0.3) is 0 Å². The Bertz CT molecular complexity index is 330. The highest BCUT2D eigenvalue weighted by atomic mass is 16.6. The van der Waals surface area contributed by atoms with Gasteiger partial charge in [0.25, 0.3) is 0 Å². The molecule has 1 fully saturated rings. The molecular formula is C16H31NO4. The van der Waals surface area contributed by atoms with E-state index in [0.29, 0.717) is 19.7 Å². The number of amides is 1. The summed E-state index contributed by atoms with van der Waals surface area (Å²) in [5.41, 5.74) is -0.620. The zero-order valence-electron chi connectivity index (χ0n) is 14.1. The Morgan fingerprint density at radius 3 is 2.33 bits per heavy atom. The van der Waals surface area contributed by atoms with E-state index < -0.39 is 5.60 Å². The van der Waals surface area contributed by atoms with Gasteiger partial charge >= 0.3 is 6.09 Å². The van der Waals surface area contributed by atoms with Gasteiger partial charge in [0.05, 0.1) is 12.2 Å². The topological polar surface area (TPSA) is 59.0 Å². The van der Waals surface area contributed by atoms with Gasteiger partial charge in [0.15, 0.2) is 0 Å². The molecule has 1 saturated heterocycles. The van der Waals surface area contributed by atoms with E-state index in [0.717, 1.165) is 19.3 Å². The first kappa shape index (κ1) is 18.2. The van der Waals surface area contributed by atoms with Crippen LogP contribution in [0.4, 0.5) is 4.79 Å². The molecule has 1 amide bonds. The van der Waals surface area contributed by atoms with E-state index in [1.54, 1.807) is 4.90 Å². The van der Waals surface area contributed by atoms with Crippen LogP contribution in [-0.4, -0.2) is 53.6 Å². The Kier molecular flexibility index (Phi) is 6.47. The monoisotopic (exact) mass is 301 g/mol. The Labute approximate surface area is 128 Å². The second-order valence-corrected chi connectivity index (χ2v) is 7.10. The maximum Gasteiger partial charge on any atom is 0.410 e. The number of rotatable bonds is 5. The molecule has 1 heterocycles. The predicted molar refractivity (Wildman–Crippen MR) is 82.3 cm³/mol. The van der Waals surface area contributed by atoms with Crippen molar-refractivity contribution in [3.8, 4) is 0 Å². The molecule has 0 radical (unpaired) electrons. The van der Waals surface area contributed by atoms with Gasteiger partial charge in [0.1, 0.15) is 5.60 Å². The number of aliphatic hydroxyl groups excluding tert-OH is 1. The number of nitrogens with zero attached hydrogens (tertiary/aromatic N) is 1. The molecule has 1 N–H and O–H groups in total. The van der Waals surface area contributed by atoms with Crippen molar-refractivity contribution in [1.82, 2.24) is 4.90 Å². The fourth-order valence-corrected chi connectivity index (χ4v) is 2.39. The number of carbonyl (C=O) groups excluding carboxylic acids is 1. The Hall–Kier alpha value is -0.810. The van der Waals surface area contributed by atoms with E-state index in [4.69, 9.17) is 14.6 Å². The van der Waals surface area contributed by atoms with Gasteiger partial charge in [-0.3, -0.25) is 0 Å². The van der Waals surface area contributed by atoms with Gasteiger partial charge in [-0.05, 0) is 40.0 Å². The SMILES string of the molecule is CCC1(OCC(C)CO)CCN(C(=O)OC(C)(C)C)CC1. The van der Waals surface area contributed by atoms with E-state index >= 15 is 0 Å². The summed E-state index contributed by atoms with van der Waals surface area (Å²) >= 11 is 0. The summed E-state index contributed by atoms with van der Waals surface area (Å²) in [5, 5.41) is 9.09. The number of piperidine rings is 1. The molecule has 21 heavy (non-hydrogen) atoms. The van der Waals surface area contributed by atoms with Crippen LogP contribution in [0.5, 0.6) is 0 Å². The van der Waals surface area contributed by atoms with Crippen LogP contribution in [0, 0.1) is 5.92 Å². The van der Waals surface area contributed by atoms with Crippen molar-refractivity contribution in [2.75, 3.05) is 26.3 Å². The summed E-state index contributed by atoms with van der Waals surface area (Å²) in [6, 6.07) is 0. The van der Waals surface area contributed by atoms with Crippen LogP contribution in [0.15, 0.2) is 0 Å². The molecule has 1 aliphatic heterocycles. The maximum absolute atomic E-state index is 12.1. The molecule has 0 aromatic heterocycles. The summed E-state index contributed by atoms with van der Waals surface area (Å²) in [7, 11) is 0. The predicted octanol–water partition coefficient (Wildman–Crippen LogP) is 2.81. The fraction of sp³-hybridized carbons (Fsp3) is 0.938. The molecule has 0 bridgehead atoms. The van der Waals surface area contributed by atoms with Crippen LogP contribution in [0.2, 0.25) is 0 Å². The molecule has 0 aliphatic carbocycles. The largest absolute Gasteiger partial charge is 0.444 e. The number of ether oxygens (including phenoxy) is 2. The van der Waals surface area contributed by atoms with Gasteiger partial charge < -0.3 is 19.5 Å². The first-order valence-corrected chi connectivity index (χ1v) is 7.94. The van der Waals surface area contributed by atoms with Crippen molar-refractivity contribution in [2.24, 2.45) is 5.92 Å². The molecule has 1 atom stereocenters. The van der Waals surface area contributed by atoms with Gasteiger partial charge in [-0.2, -0.15) is 0 Å². The van der Waals surface area contributed by atoms with Crippen LogP contribution in [0.1, 0.15) is 53.9 Å². The van der Waals surface area contributed by atoms with Crippen molar-refractivity contribution in [2.45, 2.75) is 65.1 Å². The van der Waals surface area contributed by atoms with E-state index in [2.05, 4.69) is 6.92 Å². The summed E-state index contributed by atoms with van der Waals surface area (Å²) in [6.45, 7) is 11.8. The lowest BCUT2D eigenvalue weighted by molar-refractivity contribution is -0.0994. The Morgan fingerprint density at radius 1 is 1.33 bits per heavy atom. The molecule has 0 spiro atoms. The molecular weight excluding hydrogens is 270 g/mol. The van der Waals surface area contributed by atoms with E-state index in [1.165, 1.54) is 0 Å². The Morgan fingerprint density at radius 2 is 1.90 bits per heavy atom. The minimum absolute atomic E-state index is 0.143. The zero-order chi connectivity index (χ0) is 16.1. The molecule has 0 saturated carbocycles. The van der Waals surface area contributed by atoms with Gasteiger partial charge in [-0.15, -0.1) is 0 Å². The van der Waals surface area contributed by atoms with Crippen molar-refractivity contribution in [3.63, 3.8) is 0 Å². The first-order valence-electron chi connectivity index (χ1n) is 7.94. The van der Waals surface area contributed by atoms with E-state index in [9.17, 15) is 4.79 Å². The second kappa shape index (κ2) is 7.45. The number of hydrogen-bond acceptors (Lipinski definition) is 4. The first-order chi connectivity index (χ1) is 9.71. The van der Waals surface area contributed by atoms with Gasteiger partial charge in [0, 0.05) is 25.6 Å².